The van der Waals surface area contributed by atoms with Crippen LogP contribution in [0.3, 0.4) is 0 Å². The van der Waals surface area contributed by atoms with Gasteiger partial charge in [-0.2, -0.15) is 0 Å². The zero-order chi connectivity index (χ0) is 17.3. The van der Waals surface area contributed by atoms with Gasteiger partial charge in [0.1, 0.15) is 5.75 Å². The van der Waals surface area contributed by atoms with E-state index in [4.69, 9.17) is 4.74 Å². The monoisotopic (exact) mass is 396 g/mol. The highest BCUT2D eigenvalue weighted by molar-refractivity contribution is 5.85. The first kappa shape index (κ1) is 22.6. The van der Waals surface area contributed by atoms with Crippen LogP contribution in [0.25, 0.3) is 0 Å². The number of methoxy groups -OCH3 is 1. The van der Waals surface area contributed by atoms with Crippen LogP contribution in [0.1, 0.15) is 43.4 Å². The Balaban J connectivity index is 0.00000169. The molecule has 0 saturated carbocycles. The van der Waals surface area contributed by atoms with Crippen LogP contribution in [-0.2, 0) is 0 Å². The zero-order valence-electron chi connectivity index (χ0n) is 16.2. The maximum absolute atomic E-state index is 5.27. The molecule has 2 aromatic carbocycles. The van der Waals surface area contributed by atoms with E-state index >= 15 is 0 Å². The Bertz CT molecular complexity index is 684. The van der Waals surface area contributed by atoms with Crippen molar-refractivity contribution in [3.05, 3.63) is 59.7 Å². The van der Waals surface area contributed by atoms with Gasteiger partial charge in [0.05, 0.1) is 7.11 Å². The van der Waals surface area contributed by atoms with Crippen molar-refractivity contribution in [2.24, 2.45) is 0 Å². The third-order valence-electron chi connectivity index (χ3n) is 5.22. The van der Waals surface area contributed by atoms with Gasteiger partial charge >= 0.3 is 0 Å². The molecule has 1 aliphatic heterocycles. The summed E-state index contributed by atoms with van der Waals surface area (Å²) in [6.45, 7) is 4.61. The molecule has 1 aliphatic rings. The van der Waals surface area contributed by atoms with Gasteiger partial charge in [0.2, 0.25) is 0 Å². The Labute approximate surface area is 169 Å². The number of benzene rings is 2. The minimum absolute atomic E-state index is 0. The predicted octanol–water partition coefficient (Wildman–Crippen LogP) is 5.20. The standard InChI is InChI=1S/C21H28N2O.2ClH/c1-21(2)19(15-6-10-17(11-7-15)23(3)4)14-20(22-21)16-8-12-18(24-5)13-9-16;;/h6-13,19-20,22H,14H2,1-5H3;2*1H/t19-,20+;;/m1../s1. The summed E-state index contributed by atoms with van der Waals surface area (Å²) < 4.78 is 5.27. The summed E-state index contributed by atoms with van der Waals surface area (Å²) in [6.07, 6.45) is 1.11. The van der Waals surface area contributed by atoms with E-state index in [1.807, 2.05) is 12.1 Å². The van der Waals surface area contributed by atoms with Crippen molar-refractivity contribution in [2.45, 2.75) is 37.8 Å². The van der Waals surface area contributed by atoms with E-state index in [2.05, 4.69) is 74.6 Å². The van der Waals surface area contributed by atoms with Gasteiger partial charge in [-0.25, -0.2) is 0 Å². The molecule has 3 nitrogen and oxygen atoms in total. The zero-order valence-corrected chi connectivity index (χ0v) is 17.8. The average molecular weight is 397 g/mol. The molecule has 2 atom stereocenters. The van der Waals surface area contributed by atoms with Gasteiger partial charge in [-0.05, 0) is 55.7 Å². The lowest BCUT2D eigenvalue weighted by Crippen LogP contribution is -2.37. The number of halogens is 2. The van der Waals surface area contributed by atoms with Gasteiger partial charge in [0.15, 0.2) is 0 Å². The number of hydrogen-bond donors (Lipinski definition) is 1. The minimum atomic E-state index is 0. The first-order chi connectivity index (χ1) is 11.4. The lowest BCUT2D eigenvalue weighted by atomic mass is 9.82. The van der Waals surface area contributed by atoms with Crippen LogP contribution in [-0.4, -0.2) is 26.7 Å². The maximum Gasteiger partial charge on any atom is 0.118 e. The third-order valence-corrected chi connectivity index (χ3v) is 5.22. The molecule has 5 heteroatoms. The molecular formula is C21H30Cl2N2O. The van der Waals surface area contributed by atoms with Crippen molar-refractivity contribution in [1.82, 2.24) is 5.32 Å². The molecule has 2 aromatic rings. The van der Waals surface area contributed by atoms with Crippen molar-refractivity contribution in [3.8, 4) is 5.75 Å². The fraction of sp³-hybridized carbons (Fsp3) is 0.429. The highest BCUT2D eigenvalue weighted by Crippen LogP contribution is 2.44. The average Bonchev–Trinajstić information content (AvgIpc) is 2.90. The van der Waals surface area contributed by atoms with Crippen molar-refractivity contribution < 1.29 is 4.74 Å². The lowest BCUT2D eigenvalue weighted by Gasteiger charge is -2.28. The molecule has 0 unspecified atom stereocenters. The minimum Gasteiger partial charge on any atom is -0.497 e. The smallest absolute Gasteiger partial charge is 0.118 e. The normalized spacial score (nSPS) is 20.7. The lowest BCUT2D eigenvalue weighted by molar-refractivity contribution is 0.397. The van der Waals surface area contributed by atoms with Gasteiger partial charge in [0, 0.05) is 37.3 Å². The molecular weight excluding hydrogens is 367 g/mol. The van der Waals surface area contributed by atoms with Crippen LogP contribution >= 0.6 is 24.8 Å². The van der Waals surface area contributed by atoms with Crippen LogP contribution in [0, 0.1) is 0 Å². The van der Waals surface area contributed by atoms with E-state index in [-0.39, 0.29) is 30.4 Å². The summed E-state index contributed by atoms with van der Waals surface area (Å²) in [5.74, 6) is 1.41. The van der Waals surface area contributed by atoms with Gasteiger partial charge in [-0.1, -0.05) is 24.3 Å². The molecule has 3 rings (SSSR count). The van der Waals surface area contributed by atoms with E-state index in [0.29, 0.717) is 12.0 Å². The van der Waals surface area contributed by atoms with Crippen molar-refractivity contribution >= 4 is 30.5 Å². The summed E-state index contributed by atoms with van der Waals surface area (Å²) in [7, 11) is 5.87. The molecule has 0 spiro atoms. The highest BCUT2D eigenvalue weighted by Gasteiger charge is 2.41. The second-order valence-corrected chi connectivity index (χ2v) is 7.47. The molecule has 0 aromatic heterocycles. The number of nitrogens with one attached hydrogen (secondary N) is 1. The Kier molecular flexibility index (Phi) is 7.82. The first-order valence-corrected chi connectivity index (χ1v) is 8.59. The van der Waals surface area contributed by atoms with Crippen molar-refractivity contribution in [3.63, 3.8) is 0 Å². The van der Waals surface area contributed by atoms with Crippen LogP contribution < -0.4 is 15.0 Å². The molecule has 0 aliphatic carbocycles. The van der Waals surface area contributed by atoms with Crippen LogP contribution in [0.15, 0.2) is 48.5 Å². The predicted molar refractivity (Wildman–Crippen MR) is 116 cm³/mol. The van der Waals surface area contributed by atoms with Crippen molar-refractivity contribution in [2.75, 3.05) is 26.1 Å². The Hall–Kier alpha value is -1.42. The van der Waals surface area contributed by atoms with Crippen LogP contribution in [0.5, 0.6) is 5.75 Å². The topological polar surface area (TPSA) is 24.5 Å². The summed E-state index contributed by atoms with van der Waals surface area (Å²) in [4.78, 5) is 2.14. The molecule has 1 fully saturated rings. The second kappa shape index (κ2) is 8.98. The quantitative estimate of drug-likeness (QED) is 0.767. The van der Waals surface area contributed by atoms with Crippen LogP contribution in [0.2, 0.25) is 0 Å². The van der Waals surface area contributed by atoms with Gasteiger partial charge in [-0.3, -0.25) is 0 Å². The Morgan fingerprint density at radius 3 is 1.96 bits per heavy atom. The number of nitrogens with zero attached hydrogens (tertiary/aromatic N) is 1. The maximum atomic E-state index is 5.27. The van der Waals surface area contributed by atoms with E-state index in [0.717, 1.165) is 12.2 Å². The Morgan fingerprint density at radius 1 is 0.923 bits per heavy atom. The SMILES string of the molecule is COc1ccc([C@@H]2C[C@H](c3ccc(N(C)C)cc3)C(C)(C)N2)cc1.Cl.Cl. The molecule has 0 amide bonds. The number of ether oxygens (including phenoxy) is 1. The van der Waals surface area contributed by atoms with Crippen molar-refractivity contribution in [1.29, 1.82) is 0 Å². The summed E-state index contributed by atoms with van der Waals surface area (Å²) in [5.41, 5.74) is 4.06. The fourth-order valence-corrected chi connectivity index (χ4v) is 3.75. The highest BCUT2D eigenvalue weighted by atomic mass is 35.5. The molecule has 144 valence electrons. The third kappa shape index (κ3) is 4.64. The van der Waals surface area contributed by atoms with Gasteiger partial charge in [-0.15, -0.1) is 24.8 Å². The summed E-state index contributed by atoms with van der Waals surface area (Å²) >= 11 is 0. The largest absolute Gasteiger partial charge is 0.497 e. The molecule has 1 N–H and O–H groups in total. The summed E-state index contributed by atoms with van der Waals surface area (Å²) in [6, 6.07) is 17.8. The molecule has 0 bridgehead atoms. The molecule has 26 heavy (non-hydrogen) atoms. The number of anilines is 1. The number of hydrogen-bond acceptors (Lipinski definition) is 3. The molecule has 0 radical (unpaired) electrons. The van der Waals surface area contributed by atoms with E-state index < -0.39 is 0 Å². The van der Waals surface area contributed by atoms with E-state index in [1.165, 1.54) is 16.8 Å². The summed E-state index contributed by atoms with van der Waals surface area (Å²) in [5, 5.41) is 3.82. The molecule has 1 saturated heterocycles. The number of rotatable bonds is 4. The van der Waals surface area contributed by atoms with Gasteiger partial charge in [0.25, 0.3) is 0 Å². The van der Waals surface area contributed by atoms with E-state index in [9.17, 15) is 0 Å². The fourth-order valence-electron chi connectivity index (χ4n) is 3.75. The van der Waals surface area contributed by atoms with Gasteiger partial charge < -0.3 is 15.0 Å². The first-order valence-electron chi connectivity index (χ1n) is 8.59. The van der Waals surface area contributed by atoms with E-state index in [1.54, 1.807) is 7.11 Å². The van der Waals surface area contributed by atoms with Crippen LogP contribution in [0.4, 0.5) is 5.69 Å². The molecule has 1 heterocycles. The second-order valence-electron chi connectivity index (χ2n) is 7.47. The Morgan fingerprint density at radius 2 is 1.46 bits per heavy atom.